The lowest BCUT2D eigenvalue weighted by Crippen LogP contribution is -2.17. The summed E-state index contributed by atoms with van der Waals surface area (Å²) in [6.45, 7) is 2.40. The predicted octanol–water partition coefficient (Wildman–Crippen LogP) is 3.51. The predicted molar refractivity (Wildman–Crippen MR) is 81.5 cm³/mol. The summed E-state index contributed by atoms with van der Waals surface area (Å²) in [6.07, 6.45) is 0. The van der Waals surface area contributed by atoms with Gasteiger partial charge in [-0.05, 0) is 30.2 Å². The van der Waals surface area contributed by atoms with Crippen molar-refractivity contribution in [1.29, 1.82) is 0 Å². The van der Waals surface area contributed by atoms with Gasteiger partial charge in [0.15, 0.2) is 5.82 Å². The van der Waals surface area contributed by atoms with Crippen LogP contribution in [0.1, 0.15) is 11.1 Å². The van der Waals surface area contributed by atoms with E-state index in [0.29, 0.717) is 23.0 Å². The molecule has 2 aromatic carbocycles. The number of hydrogen-bond donors (Lipinski definition) is 0. The molecule has 0 amide bonds. The van der Waals surface area contributed by atoms with Gasteiger partial charge in [0.25, 0.3) is 0 Å². The molecule has 0 aliphatic heterocycles. The van der Waals surface area contributed by atoms with E-state index < -0.39 is 5.76 Å². The SMILES string of the molecule is Cc1ccccc1Cn1c(-c2ccccc2Cl)noc1=O. The van der Waals surface area contributed by atoms with Crippen molar-refractivity contribution in [2.75, 3.05) is 0 Å². The molecule has 1 aromatic heterocycles. The van der Waals surface area contributed by atoms with Crippen LogP contribution in [0.3, 0.4) is 0 Å². The number of rotatable bonds is 3. The van der Waals surface area contributed by atoms with Crippen molar-refractivity contribution in [1.82, 2.24) is 9.72 Å². The fraction of sp³-hybridized carbons (Fsp3) is 0.125. The Morgan fingerprint density at radius 1 is 1.14 bits per heavy atom. The number of benzene rings is 2. The van der Waals surface area contributed by atoms with E-state index in [-0.39, 0.29) is 0 Å². The van der Waals surface area contributed by atoms with Gasteiger partial charge in [0.2, 0.25) is 0 Å². The lowest BCUT2D eigenvalue weighted by atomic mass is 10.1. The topological polar surface area (TPSA) is 48.0 Å². The molecule has 0 saturated carbocycles. The summed E-state index contributed by atoms with van der Waals surface area (Å²) in [5.41, 5.74) is 2.82. The minimum Gasteiger partial charge on any atom is -0.295 e. The van der Waals surface area contributed by atoms with E-state index in [9.17, 15) is 4.79 Å². The third-order valence-corrected chi connectivity index (χ3v) is 3.72. The summed E-state index contributed by atoms with van der Waals surface area (Å²) in [5.74, 6) is -0.0537. The maximum atomic E-state index is 11.9. The third-order valence-electron chi connectivity index (χ3n) is 3.39. The van der Waals surface area contributed by atoms with Gasteiger partial charge in [-0.25, -0.2) is 4.79 Å². The number of aromatic nitrogens is 2. The van der Waals surface area contributed by atoms with E-state index in [1.54, 1.807) is 6.07 Å². The van der Waals surface area contributed by atoms with E-state index >= 15 is 0 Å². The third kappa shape index (κ3) is 2.62. The first-order valence-electron chi connectivity index (χ1n) is 6.53. The first-order chi connectivity index (χ1) is 10.2. The van der Waals surface area contributed by atoms with Gasteiger partial charge in [0.1, 0.15) is 0 Å². The maximum Gasteiger partial charge on any atom is 0.442 e. The summed E-state index contributed by atoms with van der Waals surface area (Å²) in [4.78, 5) is 11.9. The number of hydrogen-bond acceptors (Lipinski definition) is 3. The zero-order chi connectivity index (χ0) is 14.8. The Balaban J connectivity index is 2.09. The molecular formula is C16H13ClN2O2. The molecule has 0 N–H and O–H groups in total. The van der Waals surface area contributed by atoms with Crippen molar-refractivity contribution in [2.45, 2.75) is 13.5 Å². The first-order valence-corrected chi connectivity index (χ1v) is 6.90. The Bertz CT molecular complexity index is 836. The largest absolute Gasteiger partial charge is 0.442 e. The van der Waals surface area contributed by atoms with E-state index in [0.717, 1.165) is 11.1 Å². The highest BCUT2D eigenvalue weighted by atomic mass is 35.5. The Morgan fingerprint density at radius 2 is 1.86 bits per heavy atom. The summed E-state index contributed by atoms with van der Waals surface area (Å²) >= 11 is 6.18. The zero-order valence-corrected chi connectivity index (χ0v) is 12.2. The van der Waals surface area contributed by atoms with Crippen LogP contribution in [0.4, 0.5) is 0 Å². The van der Waals surface area contributed by atoms with Crippen molar-refractivity contribution in [2.24, 2.45) is 0 Å². The Hall–Kier alpha value is -2.33. The average molecular weight is 301 g/mol. The molecule has 4 nitrogen and oxygen atoms in total. The fourth-order valence-electron chi connectivity index (χ4n) is 2.20. The average Bonchev–Trinajstić information content (AvgIpc) is 2.83. The molecule has 0 spiro atoms. The summed E-state index contributed by atoms with van der Waals surface area (Å²) in [6, 6.07) is 15.1. The molecule has 0 saturated heterocycles. The molecule has 21 heavy (non-hydrogen) atoms. The summed E-state index contributed by atoms with van der Waals surface area (Å²) in [7, 11) is 0. The van der Waals surface area contributed by atoms with Crippen LogP contribution in [0.5, 0.6) is 0 Å². The smallest absolute Gasteiger partial charge is 0.295 e. The van der Waals surface area contributed by atoms with Crippen LogP contribution in [-0.4, -0.2) is 9.72 Å². The van der Waals surface area contributed by atoms with Gasteiger partial charge in [-0.1, -0.05) is 53.2 Å². The second kappa shape index (κ2) is 5.58. The molecular weight excluding hydrogens is 288 g/mol. The van der Waals surface area contributed by atoms with Crippen LogP contribution in [0.15, 0.2) is 57.8 Å². The monoisotopic (exact) mass is 300 g/mol. The van der Waals surface area contributed by atoms with E-state index in [1.807, 2.05) is 49.4 Å². The molecule has 3 rings (SSSR count). The van der Waals surface area contributed by atoms with Gasteiger partial charge in [-0.2, -0.15) is 0 Å². The normalized spacial score (nSPS) is 10.8. The number of aryl methyl sites for hydroxylation is 1. The Kier molecular flexibility index (Phi) is 3.62. The van der Waals surface area contributed by atoms with Crippen LogP contribution < -0.4 is 5.76 Å². The van der Waals surface area contributed by atoms with Gasteiger partial charge in [-0.3, -0.25) is 9.09 Å². The molecule has 1 heterocycles. The highest BCUT2D eigenvalue weighted by Crippen LogP contribution is 2.25. The lowest BCUT2D eigenvalue weighted by Gasteiger charge is -2.08. The standard InChI is InChI=1S/C16H13ClN2O2/c1-11-6-2-3-7-12(11)10-19-15(18-21-16(19)20)13-8-4-5-9-14(13)17/h2-9H,10H2,1H3. The quantitative estimate of drug-likeness (QED) is 0.743. The molecule has 0 aliphatic rings. The Morgan fingerprint density at radius 3 is 2.62 bits per heavy atom. The first kappa shape index (κ1) is 13.6. The van der Waals surface area contributed by atoms with Crippen LogP contribution in [0.25, 0.3) is 11.4 Å². The van der Waals surface area contributed by atoms with E-state index in [4.69, 9.17) is 16.1 Å². The summed E-state index contributed by atoms with van der Waals surface area (Å²) < 4.78 is 6.31. The molecule has 106 valence electrons. The highest BCUT2D eigenvalue weighted by Gasteiger charge is 2.15. The van der Waals surface area contributed by atoms with Gasteiger partial charge in [0, 0.05) is 5.56 Å². The molecule has 0 aliphatic carbocycles. The maximum absolute atomic E-state index is 11.9. The summed E-state index contributed by atoms with van der Waals surface area (Å²) in [5, 5.41) is 4.40. The van der Waals surface area contributed by atoms with Gasteiger partial charge in [-0.15, -0.1) is 0 Å². The molecule has 0 atom stereocenters. The van der Waals surface area contributed by atoms with Gasteiger partial charge >= 0.3 is 5.76 Å². The van der Waals surface area contributed by atoms with Gasteiger partial charge < -0.3 is 0 Å². The van der Waals surface area contributed by atoms with Crippen molar-refractivity contribution in [3.05, 3.63) is 75.2 Å². The van der Waals surface area contributed by atoms with Crippen molar-refractivity contribution < 1.29 is 4.52 Å². The highest BCUT2D eigenvalue weighted by molar-refractivity contribution is 6.33. The van der Waals surface area contributed by atoms with Crippen LogP contribution in [0, 0.1) is 6.92 Å². The van der Waals surface area contributed by atoms with E-state index in [2.05, 4.69) is 5.16 Å². The molecule has 0 unspecified atom stereocenters. The molecule has 0 fully saturated rings. The molecule has 5 heteroatoms. The molecule has 0 radical (unpaired) electrons. The van der Waals surface area contributed by atoms with Crippen molar-refractivity contribution in [3.63, 3.8) is 0 Å². The second-order valence-corrected chi connectivity index (χ2v) is 5.17. The number of nitrogens with zero attached hydrogens (tertiary/aromatic N) is 2. The van der Waals surface area contributed by atoms with Gasteiger partial charge in [0.05, 0.1) is 11.6 Å². The molecule has 3 aromatic rings. The van der Waals surface area contributed by atoms with E-state index in [1.165, 1.54) is 4.57 Å². The zero-order valence-electron chi connectivity index (χ0n) is 11.4. The lowest BCUT2D eigenvalue weighted by molar-refractivity contribution is 0.378. The Labute approximate surface area is 126 Å². The van der Waals surface area contributed by atoms with Crippen molar-refractivity contribution in [3.8, 4) is 11.4 Å². The van der Waals surface area contributed by atoms with Crippen LogP contribution >= 0.6 is 11.6 Å². The van der Waals surface area contributed by atoms with Crippen molar-refractivity contribution >= 4 is 11.6 Å². The minimum absolute atomic E-state index is 0.398. The molecule has 0 bridgehead atoms. The van der Waals surface area contributed by atoms with Crippen LogP contribution in [-0.2, 0) is 6.54 Å². The fourth-order valence-corrected chi connectivity index (χ4v) is 2.42. The minimum atomic E-state index is -0.492. The second-order valence-electron chi connectivity index (χ2n) is 4.76. The van der Waals surface area contributed by atoms with Crippen LogP contribution in [0.2, 0.25) is 5.02 Å². The number of halogens is 1.